The van der Waals surface area contributed by atoms with Crippen molar-refractivity contribution in [2.24, 2.45) is 5.41 Å². The molecule has 3 nitrogen and oxygen atoms in total. The van der Waals surface area contributed by atoms with Crippen molar-refractivity contribution in [1.82, 2.24) is 5.32 Å². The molecule has 0 heterocycles. The highest BCUT2D eigenvalue weighted by molar-refractivity contribution is 5.01. The smallest absolute Gasteiger partial charge is 0.0724 e. The fraction of sp³-hybridized carbons (Fsp3) is 0.917. The van der Waals surface area contributed by atoms with Crippen molar-refractivity contribution in [2.45, 2.75) is 50.7 Å². The van der Waals surface area contributed by atoms with E-state index in [1.165, 1.54) is 32.1 Å². The van der Waals surface area contributed by atoms with Gasteiger partial charge in [0.2, 0.25) is 0 Å². The molecular weight excluding hydrogens is 188 g/mol. The average Bonchev–Trinajstić information content (AvgIpc) is 2.86. The minimum Gasteiger partial charge on any atom is -0.380 e. The van der Waals surface area contributed by atoms with Gasteiger partial charge in [0.15, 0.2) is 0 Å². The average molecular weight is 208 g/mol. The third-order valence-electron chi connectivity index (χ3n) is 3.91. The number of nitriles is 1. The molecule has 3 heteroatoms. The van der Waals surface area contributed by atoms with Gasteiger partial charge in [-0.2, -0.15) is 5.26 Å². The van der Waals surface area contributed by atoms with E-state index in [1.807, 2.05) is 0 Å². The summed E-state index contributed by atoms with van der Waals surface area (Å²) in [7, 11) is 1.80. The van der Waals surface area contributed by atoms with Gasteiger partial charge >= 0.3 is 0 Å². The Morgan fingerprint density at radius 3 is 2.87 bits per heavy atom. The lowest BCUT2D eigenvalue weighted by molar-refractivity contribution is 0.0834. The molecule has 2 aliphatic carbocycles. The molecule has 2 atom stereocenters. The fourth-order valence-corrected chi connectivity index (χ4v) is 2.55. The van der Waals surface area contributed by atoms with Crippen molar-refractivity contribution >= 4 is 0 Å². The van der Waals surface area contributed by atoms with Crippen molar-refractivity contribution in [2.75, 3.05) is 13.7 Å². The SMILES string of the molecule is COC1CCCC1NCC1(CC#N)CC1. The standard InChI is InChI=1S/C12H20N2O/c1-15-11-4-2-3-10(11)14-9-12(5-6-12)7-8-13/h10-11,14H,2-7,9H2,1H3. The van der Waals surface area contributed by atoms with Gasteiger partial charge in [-0.1, -0.05) is 0 Å². The minimum atomic E-state index is 0.315. The summed E-state index contributed by atoms with van der Waals surface area (Å²) >= 11 is 0. The van der Waals surface area contributed by atoms with Crippen molar-refractivity contribution in [1.29, 1.82) is 5.26 Å². The van der Waals surface area contributed by atoms with Crippen LogP contribution in [0, 0.1) is 16.7 Å². The molecule has 1 N–H and O–H groups in total. The highest BCUT2D eigenvalue weighted by atomic mass is 16.5. The summed E-state index contributed by atoms with van der Waals surface area (Å²) in [4.78, 5) is 0. The maximum Gasteiger partial charge on any atom is 0.0724 e. The molecule has 2 fully saturated rings. The number of rotatable bonds is 5. The molecule has 15 heavy (non-hydrogen) atoms. The van der Waals surface area contributed by atoms with Crippen LogP contribution in [0.25, 0.3) is 0 Å². The van der Waals surface area contributed by atoms with Crippen molar-refractivity contribution in [3.8, 4) is 6.07 Å². The van der Waals surface area contributed by atoms with Crippen LogP contribution in [0.5, 0.6) is 0 Å². The Balaban J connectivity index is 1.76. The Morgan fingerprint density at radius 1 is 1.47 bits per heavy atom. The fourth-order valence-electron chi connectivity index (χ4n) is 2.55. The van der Waals surface area contributed by atoms with Crippen molar-refractivity contribution in [3.63, 3.8) is 0 Å². The second-order valence-corrected chi connectivity index (χ2v) is 5.03. The molecule has 2 aliphatic rings. The summed E-state index contributed by atoms with van der Waals surface area (Å²) in [6.45, 7) is 1.01. The number of hydrogen-bond acceptors (Lipinski definition) is 3. The molecule has 84 valence electrons. The summed E-state index contributed by atoms with van der Waals surface area (Å²) in [6.07, 6.45) is 7.21. The van der Waals surface area contributed by atoms with Gasteiger partial charge in [0.1, 0.15) is 0 Å². The van der Waals surface area contributed by atoms with Gasteiger partial charge in [-0.25, -0.2) is 0 Å². The van der Waals surface area contributed by atoms with E-state index in [1.54, 1.807) is 7.11 Å². The minimum absolute atomic E-state index is 0.315. The number of methoxy groups -OCH3 is 1. The molecule has 0 radical (unpaired) electrons. The molecule has 0 spiro atoms. The largest absolute Gasteiger partial charge is 0.380 e. The Kier molecular flexibility index (Phi) is 3.28. The second kappa shape index (κ2) is 4.51. The first-order valence-electron chi connectivity index (χ1n) is 5.93. The van der Waals surface area contributed by atoms with Crippen molar-refractivity contribution < 1.29 is 4.74 Å². The Bertz CT molecular complexity index is 255. The monoisotopic (exact) mass is 208 g/mol. The predicted molar refractivity (Wildman–Crippen MR) is 58.3 cm³/mol. The van der Waals surface area contributed by atoms with E-state index in [4.69, 9.17) is 10.00 Å². The quantitative estimate of drug-likeness (QED) is 0.749. The van der Waals surface area contributed by atoms with E-state index in [9.17, 15) is 0 Å². The molecule has 0 aromatic rings. The molecule has 0 aromatic heterocycles. The lowest BCUT2D eigenvalue weighted by atomic mass is 10.0. The molecule has 0 saturated heterocycles. The van der Waals surface area contributed by atoms with Crippen LogP contribution in [0.1, 0.15) is 38.5 Å². The summed E-state index contributed by atoms with van der Waals surface area (Å²) in [6, 6.07) is 2.82. The van der Waals surface area contributed by atoms with Gasteiger partial charge < -0.3 is 10.1 Å². The number of nitrogens with one attached hydrogen (secondary N) is 1. The zero-order valence-electron chi connectivity index (χ0n) is 9.46. The van der Waals surface area contributed by atoms with Crippen LogP contribution < -0.4 is 5.32 Å². The molecular formula is C12H20N2O. The molecule has 0 amide bonds. The van der Waals surface area contributed by atoms with Gasteiger partial charge in [0.05, 0.1) is 12.2 Å². The maximum absolute atomic E-state index is 8.73. The molecule has 2 saturated carbocycles. The second-order valence-electron chi connectivity index (χ2n) is 5.03. The van der Waals surface area contributed by atoms with E-state index in [-0.39, 0.29) is 0 Å². The first kappa shape index (κ1) is 10.9. The van der Waals surface area contributed by atoms with E-state index < -0.39 is 0 Å². The highest BCUT2D eigenvalue weighted by Gasteiger charge is 2.43. The Hall–Kier alpha value is -0.590. The number of nitrogens with zero attached hydrogens (tertiary/aromatic N) is 1. The molecule has 2 unspecified atom stereocenters. The third-order valence-corrected chi connectivity index (χ3v) is 3.91. The molecule has 0 bridgehead atoms. The van der Waals surface area contributed by atoms with E-state index in [0.29, 0.717) is 24.0 Å². The first-order valence-corrected chi connectivity index (χ1v) is 5.93. The third kappa shape index (κ3) is 2.50. The normalized spacial score (nSPS) is 32.5. The van der Waals surface area contributed by atoms with Crippen LogP contribution in [-0.4, -0.2) is 25.8 Å². The van der Waals surface area contributed by atoms with Crippen LogP contribution in [-0.2, 0) is 4.74 Å². The maximum atomic E-state index is 8.73. The molecule has 0 aromatic carbocycles. The molecule has 2 rings (SSSR count). The van der Waals surface area contributed by atoms with E-state index in [2.05, 4.69) is 11.4 Å². The Morgan fingerprint density at radius 2 is 2.27 bits per heavy atom. The van der Waals surface area contributed by atoms with Crippen LogP contribution >= 0.6 is 0 Å². The summed E-state index contributed by atoms with van der Waals surface area (Å²) in [5.74, 6) is 0. The summed E-state index contributed by atoms with van der Waals surface area (Å²) in [5, 5.41) is 12.3. The van der Waals surface area contributed by atoms with Gasteiger partial charge in [-0.05, 0) is 37.5 Å². The molecule has 0 aliphatic heterocycles. The summed E-state index contributed by atoms with van der Waals surface area (Å²) in [5.41, 5.74) is 0.315. The Labute approximate surface area is 91.8 Å². The first-order chi connectivity index (χ1) is 7.29. The van der Waals surface area contributed by atoms with Gasteiger partial charge in [-0.3, -0.25) is 0 Å². The van der Waals surface area contributed by atoms with Crippen LogP contribution in [0.4, 0.5) is 0 Å². The lowest BCUT2D eigenvalue weighted by Gasteiger charge is -2.22. The van der Waals surface area contributed by atoms with Crippen molar-refractivity contribution in [3.05, 3.63) is 0 Å². The lowest BCUT2D eigenvalue weighted by Crippen LogP contribution is -2.39. The van der Waals surface area contributed by atoms with Crippen LogP contribution in [0.2, 0.25) is 0 Å². The van der Waals surface area contributed by atoms with Crippen LogP contribution in [0.3, 0.4) is 0 Å². The predicted octanol–water partition coefficient (Wildman–Crippen LogP) is 1.84. The van der Waals surface area contributed by atoms with Gasteiger partial charge in [0, 0.05) is 26.1 Å². The van der Waals surface area contributed by atoms with Crippen LogP contribution in [0.15, 0.2) is 0 Å². The number of hydrogen-bond donors (Lipinski definition) is 1. The zero-order chi connectivity index (χ0) is 10.7. The topological polar surface area (TPSA) is 45.0 Å². The number of ether oxygens (including phenoxy) is 1. The summed E-state index contributed by atoms with van der Waals surface area (Å²) < 4.78 is 5.44. The van der Waals surface area contributed by atoms with E-state index in [0.717, 1.165) is 6.54 Å². The van der Waals surface area contributed by atoms with Gasteiger partial charge in [-0.15, -0.1) is 0 Å². The zero-order valence-corrected chi connectivity index (χ0v) is 9.46. The van der Waals surface area contributed by atoms with Gasteiger partial charge in [0.25, 0.3) is 0 Å². The van der Waals surface area contributed by atoms with E-state index >= 15 is 0 Å². The highest BCUT2D eigenvalue weighted by Crippen LogP contribution is 2.48.